The zero-order chi connectivity index (χ0) is 24.6. The molecule has 0 aliphatic carbocycles. The minimum Gasteiger partial charge on any atom is -0.492 e. The van der Waals surface area contributed by atoms with Crippen molar-refractivity contribution >= 4 is 67.1 Å². The summed E-state index contributed by atoms with van der Waals surface area (Å²) in [7, 11) is 0. The van der Waals surface area contributed by atoms with Crippen LogP contribution in [0.2, 0.25) is 0 Å². The van der Waals surface area contributed by atoms with Crippen molar-refractivity contribution in [2.45, 2.75) is 25.5 Å². The fraction of sp³-hybridized carbons (Fsp3) is 0.308. The first-order valence-corrected chi connectivity index (χ1v) is 13.7. The Morgan fingerprint density at radius 3 is 2.94 bits per heavy atom. The molecule has 2 saturated heterocycles. The average Bonchev–Trinajstić information content (AvgIpc) is 3.65. The molecule has 2 aromatic carbocycles. The number of hydrogen-bond acceptors (Lipinski definition) is 7. The number of rotatable bonds is 7. The van der Waals surface area contributed by atoms with Crippen LogP contribution < -0.4 is 14.2 Å². The molecule has 10 heteroatoms. The van der Waals surface area contributed by atoms with E-state index >= 15 is 0 Å². The van der Waals surface area contributed by atoms with E-state index in [0.29, 0.717) is 34.7 Å². The summed E-state index contributed by atoms with van der Waals surface area (Å²) in [4.78, 5) is 15.5. The molecule has 186 valence electrons. The van der Waals surface area contributed by atoms with E-state index in [-0.39, 0.29) is 18.8 Å². The Kier molecular flexibility index (Phi) is 6.68. The summed E-state index contributed by atoms with van der Waals surface area (Å²) in [5, 5.41) is 1.05. The number of thioether (sulfide) groups is 1. The van der Waals surface area contributed by atoms with Gasteiger partial charge < -0.3 is 23.5 Å². The highest BCUT2D eigenvalue weighted by Gasteiger charge is 2.34. The molecule has 0 bridgehead atoms. The minimum atomic E-state index is -0.0532. The van der Waals surface area contributed by atoms with Gasteiger partial charge in [0.15, 0.2) is 11.5 Å². The highest BCUT2D eigenvalue weighted by atomic mass is 79.9. The topological polar surface area (TPSA) is 62.2 Å². The molecule has 0 N–H and O–H groups in total. The van der Waals surface area contributed by atoms with Crippen LogP contribution in [0.25, 0.3) is 17.0 Å². The highest BCUT2D eigenvalue weighted by Crippen LogP contribution is 2.37. The zero-order valence-corrected chi connectivity index (χ0v) is 22.5. The van der Waals surface area contributed by atoms with Crippen LogP contribution in [0.4, 0.5) is 0 Å². The molecular weight excluding hydrogens is 564 g/mol. The molecular formula is C26H23BrN2O5S2. The quantitative estimate of drug-likeness (QED) is 0.264. The van der Waals surface area contributed by atoms with Crippen LogP contribution in [-0.4, -0.2) is 52.4 Å². The van der Waals surface area contributed by atoms with Gasteiger partial charge in [0.25, 0.3) is 5.91 Å². The summed E-state index contributed by atoms with van der Waals surface area (Å²) in [6, 6.07) is 11.7. The minimum absolute atomic E-state index is 0.0532. The second-order valence-electron chi connectivity index (χ2n) is 8.73. The van der Waals surface area contributed by atoms with E-state index in [1.54, 1.807) is 4.90 Å². The van der Waals surface area contributed by atoms with Crippen molar-refractivity contribution < 1.29 is 23.7 Å². The predicted molar refractivity (Wildman–Crippen MR) is 147 cm³/mol. The predicted octanol–water partition coefficient (Wildman–Crippen LogP) is 5.59. The van der Waals surface area contributed by atoms with Gasteiger partial charge in [-0.25, -0.2) is 0 Å². The number of halogens is 1. The van der Waals surface area contributed by atoms with Crippen molar-refractivity contribution in [1.82, 2.24) is 9.47 Å². The number of aromatic nitrogens is 1. The molecule has 3 aromatic rings. The number of benzene rings is 2. The van der Waals surface area contributed by atoms with Gasteiger partial charge in [-0.1, -0.05) is 39.9 Å². The standard InChI is InChI=1S/C26H23BrN2O5S2/c27-17-3-5-21-20(11-17)16(10-24-25(30)29(26(35)36-24)14-19-2-1-8-31-19)13-28(21)7-9-32-18-4-6-22-23(12-18)34-15-33-22/h3-6,10-13,19H,1-2,7-9,14-15H2/b24-10-/t19-/m0/s1. The summed E-state index contributed by atoms with van der Waals surface area (Å²) >= 11 is 10.5. The molecule has 3 aliphatic rings. The van der Waals surface area contributed by atoms with Crippen molar-refractivity contribution in [3.63, 3.8) is 0 Å². The Hall–Kier alpha value is -2.53. The number of ether oxygens (including phenoxy) is 4. The number of thiocarbonyl (C=S) groups is 1. The molecule has 0 spiro atoms. The molecule has 1 aromatic heterocycles. The van der Waals surface area contributed by atoms with E-state index in [2.05, 4.69) is 38.8 Å². The summed E-state index contributed by atoms with van der Waals surface area (Å²) < 4.78 is 26.2. The maximum atomic E-state index is 13.2. The lowest BCUT2D eigenvalue weighted by molar-refractivity contribution is -0.123. The maximum absolute atomic E-state index is 13.2. The Labute approximate surface area is 226 Å². The zero-order valence-electron chi connectivity index (χ0n) is 19.3. The van der Waals surface area contributed by atoms with Crippen LogP contribution in [0.1, 0.15) is 18.4 Å². The lowest BCUT2D eigenvalue weighted by Crippen LogP contribution is -2.35. The number of carbonyl (C=O) groups excluding carboxylic acids is 1. The Bertz CT molecular complexity index is 1380. The van der Waals surface area contributed by atoms with Gasteiger partial charge in [0, 0.05) is 39.8 Å². The van der Waals surface area contributed by atoms with Crippen molar-refractivity contribution in [3.05, 3.63) is 57.5 Å². The van der Waals surface area contributed by atoms with Gasteiger partial charge in [0.2, 0.25) is 6.79 Å². The maximum Gasteiger partial charge on any atom is 0.266 e. The van der Waals surface area contributed by atoms with Crippen LogP contribution >= 0.6 is 39.9 Å². The first-order valence-electron chi connectivity index (χ1n) is 11.7. The van der Waals surface area contributed by atoms with E-state index in [1.165, 1.54) is 11.8 Å². The summed E-state index contributed by atoms with van der Waals surface area (Å²) in [6.45, 7) is 2.62. The van der Waals surface area contributed by atoms with Crippen molar-refractivity contribution in [1.29, 1.82) is 0 Å². The van der Waals surface area contributed by atoms with Gasteiger partial charge >= 0.3 is 0 Å². The summed E-state index contributed by atoms with van der Waals surface area (Å²) in [6.07, 6.45) is 6.06. The van der Waals surface area contributed by atoms with Crippen LogP contribution in [0.5, 0.6) is 17.2 Å². The average molecular weight is 588 g/mol. The molecule has 1 amide bonds. The van der Waals surface area contributed by atoms with Gasteiger partial charge in [-0.15, -0.1) is 0 Å². The van der Waals surface area contributed by atoms with E-state index < -0.39 is 0 Å². The van der Waals surface area contributed by atoms with Crippen LogP contribution in [0, 0.1) is 0 Å². The van der Waals surface area contributed by atoms with Gasteiger partial charge in [0.1, 0.15) is 16.7 Å². The Balaban J connectivity index is 1.21. The second kappa shape index (κ2) is 10.1. The number of nitrogens with zero attached hydrogens (tertiary/aromatic N) is 2. The van der Waals surface area contributed by atoms with Gasteiger partial charge in [-0.2, -0.15) is 0 Å². The summed E-state index contributed by atoms with van der Waals surface area (Å²) in [5.41, 5.74) is 2.03. The van der Waals surface area contributed by atoms with E-state index in [1.807, 2.05) is 30.3 Å². The SMILES string of the molecule is O=C1/C(=C/c2cn(CCOc3ccc4c(c3)OCO4)c3ccc(Br)cc23)SC(=S)N1C[C@@H]1CCCO1. The van der Waals surface area contributed by atoms with Crippen LogP contribution in [0.3, 0.4) is 0 Å². The lowest BCUT2D eigenvalue weighted by atomic mass is 10.1. The van der Waals surface area contributed by atoms with Gasteiger partial charge in [-0.3, -0.25) is 9.69 Å². The normalized spacial score (nSPS) is 20.3. The fourth-order valence-corrected chi connectivity index (χ4v) is 6.24. The lowest BCUT2D eigenvalue weighted by Gasteiger charge is -2.18. The van der Waals surface area contributed by atoms with Crippen LogP contribution in [-0.2, 0) is 16.1 Å². The number of amides is 1. The highest BCUT2D eigenvalue weighted by molar-refractivity contribution is 9.10. The van der Waals surface area contributed by atoms with E-state index in [0.717, 1.165) is 51.9 Å². The molecule has 3 aliphatic heterocycles. The molecule has 1 atom stereocenters. The number of hydrogen-bond donors (Lipinski definition) is 0. The molecule has 2 fully saturated rings. The third-order valence-electron chi connectivity index (χ3n) is 6.39. The smallest absolute Gasteiger partial charge is 0.266 e. The number of fused-ring (bicyclic) bond motifs is 2. The molecule has 0 radical (unpaired) electrons. The molecule has 7 nitrogen and oxygen atoms in total. The Morgan fingerprint density at radius 2 is 2.08 bits per heavy atom. The molecule has 6 rings (SSSR count). The number of carbonyl (C=O) groups is 1. The van der Waals surface area contributed by atoms with Crippen molar-refractivity contribution in [2.75, 3.05) is 26.6 Å². The Morgan fingerprint density at radius 1 is 1.19 bits per heavy atom. The summed E-state index contributed by atoms with van der Waals surface area (Å²) in [5.74, 6) is 2.11. The first kappa shape index (κ1) is 23.8. The molecule has 4 heterocycles. The van der Waals surface area contributed by atoms with E-state index in [9.17, 15) is 4.79 Å². The second-order valence-corrected chi connectivity index (χ2v) is 11.3. The molecule has 36 heavy (non-hydrogen) atoms. The fourth-order valence-electron chi connectivity index (χ4n) is 4.62. The van der Waals surface area contributed by atoms with Gasteiger partial charge in [-0.05, 0) is 49.2 Å². The third-order valence-corrected chi connectivity index (χ3v) is 8.26. The largest absolute Gasteiger partial charge is 0.492 e. The van der Waals surface area contributed by atoms with Gasteiger partial charge in [0.05, 0.1) is 24.1 Å². The molecule has 0 saturated carbocycles. The van der Waals surface area contributed by atoms with Crippen molar-refractivity contribution in [3.8, 4) is 17.2 Å². The monoisotopic (exact) mass is 586 g/mol. The van der Waals surface area contributed by atoms with E-state index in [4.69, 9.17) is 31.2 Å². The third kappa shape index (κ3) is 4.74. The van der Waals surface area contributed by atoms with Crippen LogP contribution in [0.15, 0.2) is 52.0 Å². The first-order chi connectivity index (χ1) is 17.5. The van der Waals surface area contributed by atoms with Crippen molar-refractivity contribution in [2.24, 2.45) is 0 Å². The molecule has 0 unspecified atom stereocenters.